The Labute approximate surface area is 189 Å². The number of hydrogen-bond donors (Lipinski definition) is 1. The quantitative estimate of drug-likeness (QED) is 0.656. The van der Waals surface area contributed by atoms with Gasteiger partial charge in [-0.3, -0.25) is 19.7 Å². The fourth-order valence-electron chi connectivity index (χ4n) is 4.26. The van der Waals surface area contributed by atoms with Crippen LogP contribution < -0.4 is 0 Å². The van der Waals surface area contributed by atoms with Crippen molar-refractivity contribution in [3.8, 4) is 11.4 Å². The molecule has 3 aromatic rings. The summed E-state index contributed by atoms with van der Waals surface area (Å²) >= 11 is 0. The monoisotopic (exact) mass is 432 g/mol. The van der Waals surface area contributed by atoms with Crippen molar-refractivity contribution < 1.29 is 4.79 Å². The number of carbonyl (C=O) groups excluding carboxylic acids is 1. The highest BCUT2D eigenvalue weighted by Gasteiger charge is 2.37. The van der Waals surface area contributed by atoms with Crippen LogP contribution in [0.5, 0.6) is 0 Å². The van der Waals surface area contributed by atoms with Gasteiger partial charge in [-0.05, 0) is 32.5 Å². The fourth-order valence-corrected chi connectivity index (χ4v) is 4.26. The van der Waals surface area contributed by atoms with Crippen molar-refractivity contribution in [1.29, 1.82) is 0 Å². The third-order valence-electron chi connectivity index (χ3n) is 6.01. The Balaban J connectivity index is 1.56. The molecule has 2 unspecified atom stereocenters. The van der Waals surface area contributed by atoms with E-state index in [1.54, 1.807) is 12.4 Å². The van der Waals surface area contributed by atoms with Gasteiger partial charge < -0.3 is 9.88 Å². The first-order valence-electron chi connectivity index (χ1n) is 11.2. The van der Waals surface area contributed by atoms with Gasteiger partial charge >= 0.3 is 0 Å². The third kappa shape index (κ3) is 4.43. The maximum absolute atomic E-state index is 13.6. The Kier molecular flexibility index (Phi) is 6.11. The molecule has 1 aliphatic rings. The Morgan fingerprint density at radius 2 is 1.84 bits per heavy atom. The molecule has 1 aromatic carbocycles. The van der Waals surface area contributed by atoms with Crippen molar-refractivity contribution in [1.82, 2.24) is 29.7 Å². The summed E-state index contributed by atoms with van der Waals surface area (Å²) in [6.45, 7) is 7.09. The second-order valence-corrected chi connectivity index (χ2v) is 9.69. The molecule has 3 heterocycles. The molecule has 1 aliphatic heterocycles. The minimum atomic E-state index is -0.318. The number of benzene rings is 1. The SMILES string of the molecule is CN(C)C(C(=O)N1CCCC1c1ncc(-c2cnc(C(C)(C)C)cn2)[nH]1)c1ccccc1. The zero-order chi connectivity index (χ0) is 22.9. The lowest BCUT2D eigenvalue weighted by Crippen LogP contribution is -2.40. The second-order valence-electron chi connectivity index (χ2n) is 9.69. The molecule has 0 aliphatic carbocycles. The molecular formula is C25H32N6O. The average molecular weight is 433 g/mol. The van der Waals surface area contributed by atoms with Crippen LogP contribution in [0.25, 0.3) is 11.4 Å². The average Bonchev–Trinajstić information content (AvgIpc) is 3.43. The van der Waals surface area contributed by atoms with Crippen LogP contribution in [0.1, 0.15) is 62.8 Å². The summed E-state index contributed by atoms with van der Waals surface area (Å²) in [6, 6.07) is 9.57. The third-order valence-corrected chi connectivity index (χ3v) is 6.01. The lowest BCUT2D eigenvalue weighted by atomic mass is 9.93. The summed E-state index contributed by atoms with van der Waals surface area (Å²) in [5.74, 6) is 0.911. The molecule has 4 rings (SSSR count). The second kappa shape index (κ2) is 8.82. The maximum atomic E-state index is 13.6. The van der Waals surface area contributed by atoms with Gasteiger partial charge in [-0.25, -0.2) is 4.98 Å². The van der Waals surface area contributed by atoms with Crippen LogP contribution >= 0.6 is 0 Å². The van der Waals surface area contributed by atoms with Gasteiger partial charge in [-0.15, -0.1) is 0 Å². The van der Waals surface area contributed by atoms with Crippen molar-refractivity contribution in [3.05, 3.63) is 66.0 Å². The molecule has 1 saturated heterocycles. The predicted molar refractivity (Wildman–Crippen MR) is 125 cm³/mol. The van der Waals surface area contributed by atoms with Crippen LogP contribution in [0.3, 0.4) is 0 Å². The van der Waals surface area contributed by atoms with Gasteiger partial charge in [0, 0.05) is 18.2 Å². The van der Waals surface area contributed by atoms with Gasteiger partial charge in [0.05, 0.1) is 29.8 Å². The number of nitrogens with zero attached hydrogens (tertiary/aromatic N) is 5. The van der Waals surface area contributed by atoms with Crippen molar-refractivity contribution in [2.75, 3.05) is 20.6 Å². The van der Waals surface area contributed by atoms with Crippen LogP contribution in [-0.2, 0) is 10.2 Å². The number of imidazole rings is 1. The largest absolute Gasteiger partial charge is 0.339 e. The molecule has 0 radical (unpaired) electrons. The summed E-state index contributed by atoms with van der Waals surface area (Å²) in [7, 11) is 3.90. The minimum Gasteiger partial charge on any atom is -0.339 e. The summed E-state index contributed by atoms with van der Waals surface area (Å²) < 4.78 is 0. The number of nitrogens with one attached hydrogen (secondary N) is 1. The fraction of sp³-hybridized carbons (Fsp3) is 0.440. The van der Waals surface area contributed by atoms with Gasteiger partial charge in [-0.1, -0.05) is 51.1 Å². The molecule has 7 nitrogen and oxygen atoms in total. The Morgan fingerprint density at radius 3 is 2.47 bits per heavy atom. The lowest BCUT2D eigenvalue weighted by Gasteiger charge is -2.31. The van der Waals surface area contributed by atoms with E-state index in [0.717, 1.165) is 47.9 Å². The zero-order valence-electron chi connectivity index (χ0n) is 19.5. The van der Waals surface area contributed by atoms with Gasteiger partial charge in [-0.2, -0.15) is 0 Å². The molecule has 2 aromatic heterocycles. The molecule has 1 amide bonds. The molecular weight excluding hydrogens is 400 g/mol. The summed E-state index contributed by atoms with van der Waals surface area (Å²) in [5.41, 5.74) is 3.48. The summed E-state index contributed by atoms with van der Waals surface area (Å²) in [5, 5.41) is 0. The van der Waals surface area contributed by atoms with Crippen molar-refractivity contribution in [2.24, 2.45) is 0 Å². The molecule has 0 bridgehead atoms. The highest BCUT2D eigenvalue weighted by atomic mass is 16.2. The molecule has 1 N–H and O–H groups in total. The number of aromatic amines is 1. The Morgan fingerprint density at radius 1 is 1.09 bits per heavy atom. The first-order chi connectivity index (χ1) is 15.3. The number of amides is 1. The van der Waals surface area contributed by atoms with E-state index >= 15 is 0 Å². The van der Waals surface area contributed by atoms with E-state index < -0.39 is 0 Å². The molecule has 32 heavy (non-hydrogen) atoms. The van der Waals surface area contributed by atoms with Crippen LogP contribution in [0.4, 0.5) is 0 Å². The van der Waals surface area contributed by atoms with Gasteiger partial charge in [0.25, 0.3) is 0 Å². The van der Waals surface area contributed by atoms with E-state index in [4.69, 9.17) is 0 Å². The Bertz CT molecular complexity index is 1050. The highest BCUT2D eigenvalue weighted by molar-refractivity contribution is 5.84. The van der Waals surface area contributed by atoms with Crippen molar-refractivity contribution in [2.45, 2.75) is 51.1 Å². The molecule has 2 atom stereocenters. The Hall–Kier alpha value is -3.06. The summed E-state index contributed by atoms with van der Waals surface area (Å²) in [6.07, 6.45) is 7.25. The number of H-pyrrole nitrogens is 1. The van der Waals surface area contributed by atoms with E-state index in [9.17, 15) is 4.79 Å². The molecule has 0 saturated carbocycles. The van der Waals surface area contributed by atoms with Crippen molar-refractivity contribution in [3.63, 3.8) is 0 Å². The first-order valence-corrected chi connectivity index (χ1v) is 11.2. The maximum Gasteiger partial charge on any atom is 0.245 e. The van der Waals surface area contributed by atoms with Crippen LogP contribution in [-0.4, -0.2) is 56.3 Å². The van der Waals surface area contributed by atoms with Gasteiger partial charge in [0.1, 0.15) is 17.6 Å². The number of carbonyl (C=O) groups is 1. The number of aromatic nitrogens is 4. The zero-order valence-corrected chi connectivity index (χ0v) is 19.5. The number of hydrogen-bond acceptors (Lipinski definition) is 5. The standard InChI is InChI=1S/C25H32N6O/c1-25(2,3)21-16-26-18(14-27-21)19-15-28-23(29-19)20-12-9-13-31(20)24(32)22(30(4)5)17-10-7-6-8-11-17/h6-8,10-11,14-16,20,22H,9,12-13H2,1-5H3,(H,28,29). The normalized spacial score (nSPS) is 17.7. The van der Waals surface area contributed by atoms with Crippen LogP contribution in [0.15, 0.2) is 48.9 Å². The van der Waals surface area contributed by atoms with E-state index in [1.165, 1.54) is 0 Å². The van der Waals surface area contributed by atoms with E-state index in [1.807, 2.05) is 60.4 Å². The molecule has 168 valence electrons. The number of likely N-dealkylation sites (tertiary alicyclic amines) is 1. The van der Waals surface area contributed by atoms with E-state index in [-0.39, 0.29) is 23.4 Å². The van der Waals surface area contributed by atoms with Gasteiger partial charge in [0.15, 0.2) is 0 Å². The molecule has 1 fully saturated rings. The molecule has 7 heteroatoms. The smallest absolute Gasteiger partial charge is 0.245 e. The number of rotatable bonds is 5. The topological polar surface area (TPSA) is 78.0 Å². The van der Waals surface area contributed by atoms with Gasteiger partial charge in [0.2, 0.25) is 5.91 Å². The van der Waals surface area contributed by atoms with Crippen LogP contribution in [0.2, 0.25) is 0 Å². The van der Waals surface area contributed by atoms with Crippen LogP contribution in [0, 0.1) is 0 Å². The predicted octanol–water partition coefficient (Wildman–Crippen LogP) is 4.13. The highest BCUT2D eigenvalue weighted by Crippen LogP contribution is 2.34. The number of likely N-dealkylation sites (N-methyl/N-ethyl adjacent to an activating group) is 1. The van der Waals surface area contributed by atoms with E-state index in [2.05, 4.69) is 40.7 Å². The first kappa shape index (κ1) is 22.1. The van der Waals surface area contributed by atoms with E-state index in [0.29, 0.717) is 0 Å². The molecule has 0 spiro atoms. The summed E-state index contributed by atoms with van der Waals surface area (Å²) in [4.78, 5) is 34.7. The minimum absolute atomic E-state index is 0.0445. The lowest BCUT2D eigenvalue weighted by molar-refractivity contribution is -0.137. The van der Waals surface area contributed by atoms with Crippen molar-refractivity contribution >= 4 is 5.91 Å².